The normalized spacial score (nSPS) is 17.8. The molecule has 0 N–H and O–H groups in total. The Morgan fingerprint density at radius 3 is 2.64 bits per heavy atom. The van der Waals surface area contributed by atoms with Crippen LogP contribution >= 0.6 is 23.8 Å². The number of halogens is 1. The van der Waals surface area contributed by atoms with Crippen LogP contribution in [0.3, 0.4) is 0 Å². The Labute approximate surface area is 75.9 Å². The average molecular weight is 193 g/mol. The van der Waals surface area contributed by atoms with Crippen LogP contribution in [0.2, 0.25) is 0 Å². The van der Waals surface area contributed by atoms with E-state index in [1.165, 1.54) is 4.90 Å². The van der Waals surface area contributed by atoms with Gasteiger partial charge in [0, 0.05) is 19.6 Å². The molecule has 1 aliphatic heterocycles. The molecule has 11 heavy (non-hydrogen) atoms. The lowest BCUT2D eigenvalue weighted by molar-refractivity contribution is 0.208. The molecule has 0 bridgehead atoms. The van der Waals surface area contributed by atoms with E-state index >= 15 is 0 Å². The number of nitrogens with zero attached hydrogens (tertiary/aromatic N) is 2. The van der Waals surface area contributed by atoms with Crippen molar-refractivity contribution in [2.75, 3.05) is 19.6 Å². The molecule has 0 saturated carbocycles. The van der Waals surface area contributed by atoms with Gasteiger partial charge >= 0.3 is 6.03 Å². The van der Waals surface area contributed by atoms with Gasteiger partial charge < -0.3 is 4.90 Å². The van der Waals surface area contributed by atoms with E-state index in [1.54, 1.807) is 4.90 Å². The topological polar surface area (TPSA) is 23.6 Å². The van der Waals surface area contributed by atoms with Gasteiger partial charge in [-0.05, 0) is 19.1 Å². The molecule has 3 nitrogen and oxygen atoms in total. The predicted octanol–water partition coefficient (Wildman–Crippen LogP) is 1.27. The minimum Gasteiger partial charge on any atom is -0.323 e. The van der Waals surface area contributed by atoms with Crippen LogP contribution in [0.25, 0.3) is 0 Å². The predicted molar refractivity (Wildman–Crippen MR) is 47.8 cm³/mol. The zero-order valence-corrected chi connectivity index (χ0v) is 7.78. The van der Waals surface area contributed by atoms with Gasteiger partial charge in [0.25, 0.3) is 0 Å². The van der Waals surface area contributed by atoms with E-state index in [2.05, 4.69) is 12.2 Å². The Bertz CT molecular complexity index is 197. The average Bonchev–Trinajstić information content (AvgIpc) is 2.30. The molecule has 0 aliphatic carbocycles. The summed E-state index contributed by atoms with van der Waals surface area (Å²) in [6.45, 7) is 3.99. The van der Waals surface area contributed by atoms with Crippen molar-refractivity contribution >= 4 is 34.3 Å². The maximum absolute atomic E-state index is 11.3. The Morgan fingerprint density at radius 1 is 1.73 bits per heavy atom. The molecule has 0 atom stereocenters. The van der Waals surface area contributed by atoms with Crippen LogP contribution in [-0.2, 0) is 0 Å². The van der Waals surface area contributed by atoms with E-state index in [0.717, 1.165) is 13.1 Å². The van der Waals surface area contributed by atoms with Gasteiger partial charge in [-0.25, -0.2) is 4.79 Å². The zero-order valence-electron chi connectivity index (χ0n) is 6.21. The number of carbonyl (C=O) groups is 1. The number of rotatable bonds is 1. The maximum atomic E-state index is 11.3. The van der Waals surface area contributed by atoms with Gasteiger partial charge in [-0.1, -0.05) is 11.6 Å². The molecule has 2 amide bonds. The SMILES string of the molecule is CCN1CCN(C(=S)Cl)C1=O. The van der Waals surface area contributed by atoms with Crippen LogP contribution < -0.4 is 0 Å². The van der Waals surface area contributed by atoms with Gasteiger partial charge in [0.2, 0.25) is 0 Å². The number of hydrogen-bond donors (Lipinski definition) is 0. The number of hydrogen-bond acceptors (Lipinski definition) is 2. The lowest BCUT2D eigenvalue weighted by Crippen LogP contribution is -2.32. The first-order chi connectivity index (χ1) is 5.16. The fourth-order valence-corrected chi connectivity index (χ4v) is 1.37. The lowest BCUT2D eigenvalue weighted by atomic mass is 10.6. The van der Waals surface area contributed by atoms with Crippen LogP contribution in [0.4, 0.5) is 4.79 Å². The third-order valence-corrected chi connectivity index (χ3v) is 2.11. The summed E-state index contributed by atoms with van der Waals surface area (Å²) in [4.78, 5) is 14.4. The smallest absolute Gasteiger partial charge is 0.323 e. The molecule has 0 spiro atoms. The second kappa shape index (κ2) is 3.36. The number of urea groups is 1. The highest BCUT2D eigenvalue weighted by atomic mass is 35.5. The highest BCUT2D eigenvalue weighted by Gasteiger charge is 2.28. The van der Waals surface area contributed by atoms with Crippen LogP contribution in [0.5, 0.6) is 0 Å². The minimum absolute atomic E-state index is 0.0764. The summed E-state index contributed by atoms with van der Waals surface area (Å²) < 4.78 is 0.144. The summed E-state index contributed by atoms with van der Waals surface area (Å²) >= 11 is 10.2. The summed E-state index contributed by atoms with van der Waals surface area (Å²) in [7, 11) is 0. The Balaban J connectivity index is 2.63. The number of likely N-dealkylation sites (N-methyl/N-ethyl adjacent to an activating group) is 1. The standard InChI is InChI=1S/C6H9ClN2OS/c1-2-8-3-4-9(5(7)11)6(8)10/h2-4H2,1H3. The molecule has 62 valence electrons. The molecule has 0 aromatic heterocycles. The third kappa shape index (κ3) is 1.62. The summed E-state index contributed by atoms with van der Waals surface area (Å²) in [6.07, 6.45) is 0. The van der Waals surface area contributed by atoms with E-state index in [0.29, 0.717) is 6.54 Å². The first-order valence-corrected chi connectivity index (χ1v) is 4.21. The van der Waals surface area contributed by atoms with E-state index in [1.807, 2.05) is 6.92 Å². The number of thiocarbonyl (C=S) groups is 1. The first kappa shape index (κ1) is 8.74. The van der Waals surface area contributed by atoms with Crippen molar-refractivity contribution < 1.29 is 4.79 Å². The molecule has 1 fully saturated rings. The highest BCUT2D eigenvalue weighted by Crippen LogP contribution is 2.10. The summed E-state index contributed by atoms with van der Waals surface area (Å²) in [5.74, 6) is 0. The summed E-state index contributed by atoms with van der Waals surface area (Å²) in [5.41, 5.74) is 0. The highest BCUT2D eigenvalue weighted by molar-refractivity contribution is 7.83. The van der Waals surface area contributed by atoms with Gasteiger partial charge in [0.15, 0.2) is 4.45 Å². The molecule has 5 heteroatoms. The third-order valence-electron chi connectivity index (χ3n) is 1.69. The van der Waals surface area contributed by atoms with Crippen LogP contribution in [0.1, 0.15) is 6.92 Å². The van der Waals surface area contributed by atoms with Crippen LogP contribution in [0.15, 0.2) is 0 Å². The van der Waals surface area contributed by atoms with Crippen molar-refractivity contribution in [3.05, 3.63) is 0 Å². The van der Waals surface area contributed by atoms with Crippen molar-refractivity contribution in [1.29, 1.82) is 0 Å². The lowest BCUT2D eigenvalue weighted by Gasteiger charge is -2.13. The zero-order chi connectivity index (χ0) is 8.43. The van der Waals surface area contributed by atoms with Crippen molar-refractivity contribution in [2.45, 2.75) is 6.92 Å². The van der Waals surface area contributed by atoms with E-state index < -0.39 is 0 Å². The molecule has 1 rings (SSSR count). The van der Waals surface area contributed by atoms with Crippen molar-refractivity contribution in [1.82, 2.24) is 9.80 Å². The fourth-order valence-electron chi connectivity index (χ4n) is 1.04. The van der Waals surface area contributed by atoms with Crippen LogP contribution in [-0.4, -0.2) is 39.9 Å². The molecule has 1 heterocycles. The summed E-state index contributed by atoms with van der Waals surface area (Å²) in [5, 5.41) is 0. The monoisotopic (exact) mass is 192 g/mol. The van der Waals surface area contributed by atoms with Crippen molar-refractivity contribution in [2.24, 2.45) is 0 Å². The Hall–Kier alpha value is -0.350. The summed E-state index contributed by atoms with van der Waals surface area (Å²) in [6, 6.07) is -0.0764. The van der Waals surface area contributed by atoms with Gasteiger partial charge in [0.05, 0.1) is 0 Å². The van der Waals surface area contributed by atoms with Gasteiger partial charge in [0.1, 0.15) is 0 Å². The Morgan fingerprint density at radius 2 is 2.36 bits per heavy atom. The molecule has 0 radical (unpaired) electrons. The van der Waals surface area contributed by atoms with E-state index in [-0.39, 0.29) is 10.5 Å². The molecule has 0 aromatic carbocycles. The number of amides is 2. The second-order valence-electron chi connectivity index (χ2n) is 2.27. The molecule has 1 saturated heterocycles. The maximum Gasteiger partial charge on any atom is 0.325 e. The minimum atomic E-state index is -0.0764. The van der Waals surface area contributed by atoms with Crippen molar-refractivity contribution in [3.63, 3.8) is 0 Å². The molecule has 1 aliphatic rings. The van der Waals surface area contributed by atoms with Crippen molar-refractivity contribution in [3.8, 4) is 0 Å². The van der Waals surface area contributed by atoms with Gasteiger partial charge in [-0.2, -0.15) is 0 Å². The van der Waals surface area contributed by atoms with Crippen LogP contribution in [0, 0.1) is 0 Å². The van der Waals surface area contributed by atoms with Gasteiger partial charge in [-0.3, -0.25) is 4.90 Å². The second-order valence-corrected chi connectivity index (χ2v) is 3.24. The van der Waals surface area contributed by atoms with E-state index in [9.17, 15) is 4.79 Å². The van der Waals surface area contributed by atoms with E-state index in [4.69, 9.17) is 11.6 Å². The fraction of sp³-hybridized carbons (Fsp3) is 0.667. The first-order valence-electron chi connectivity index (χ1n) is 3.42. The quantitative estimate of drug-likeness (QED) is 0.355. The molecule has 0 aromatic rings. The molecular weight excluding hydrogens is 184 g/mol. The molecule has 0 unspecified atom stereocenters. The number of carbonyl (C=O) groups excluding carboxylic acids is 1. The Kier molecular flexibility index (Phi) is 2.67. The molecular formula is C6H9ClN2OS. The largest absolute Gasteiger partial charge is 0.325 e. The van der Waals surface area contributed by atoms with Gasteiger partial charge in [-0.15, -0.1) is 0 Å².